The lowest BCUT2D eigenvalue weighted by atomic mass is 10.1. The molecule has 0 aliphatic carbocycles. The van der Waals surface area contributed by atoms with Gasteiger partial charge in [-0.05, 0) is 88.6 Å². The van der Waals surface area contributed by atoms with Gasteiger partial charge in [0.1, 0.15) is 26.4 Å². The van der Waals surface area contributed by atoms with Crippen molar-refractivity contribution in [3.8, 4) is 0 Å². The number of hydrogen-bond donors (Lipinski definition) is 0. The average Bonchev–Trinajstić information content (AvgIpc) is 3.37. The number of carbonyl (C=O) groups excluding carboxylic acids is 4. The van der Waals surface area contributed by atoms with Crippen LogP contribution in [0.15, 0.2) is 48.6 Å². The minimum atomic E-state index is -0.919. The maximum absolute atomic E-state index is 13.1. The van der Waals surface area contributed by atoms with Crippen molar-refractivity contribution < 1.29 is 52.3 Å². The number of rotatable bonds is 48. The van der Waals surface area contributed by atoms with E-state index in [1.165, 1.54) is 77.0 Å². The van der Waals surface area contributed by atoms with Gasteiger partial charge in [-0.3, -0.25) is 9.59 Å². The Bertz CT molecular complexity index is 1440. The fourth-order valence-electron chi connectivity index (χ4n) is 7.62. The number of allylic oxidation sites excluding steroid dienone is 4. The summed E-state index contributed by atoms with van der Waals surface area (Å²) in [6.45, 7) is 14.7. The lowest BCUT2D eigenvalue weighted by molar-refractivity contribution is -0.161. The molecule has 12 nitrogen and oxygen atoms in total. The molecule has 1 atom stereocenters. The normalized spacial score (nSPS) is 12.0. The van der Waals surface area contributed by atoms with Crippen molar-refractivity contribution in [2.75, 3.05) is 59.3 Å². The zero-order chi connectivity index (χ0) is 51.0. The molecule has 0 saturated carbocycles. The van der Waals surface area contributed by atoms with Crippen molar-refractivity contribution in [3.63, 3.8) is 0 Å². The van der Waals surface area contributed by atoms with Crippen molar-refractivity contribution in [2.24, 2.45) is 5.92 Å². The average molecular weight is 986 g/mol. The van der Waals surface area contributed by atoms with Crippen LogP contribution in [-0.2, 0) is 49.4 Å². The van der Waals surface area contributed by atoms with Crippen molar-refractivity contribution in [1.82, 2.24) is 4.90 Å². The third kappa shape index (κ3) is 38.9. The highest BCUT2D eigenvalue weighted by molar-refractivity contribution is 5.89. The van der Waals surface area contributed by atoms with Gasteiger partial charge in [0.25, 0.3) is 0 Å². The van der Waals surface area contributed by atoms with E-state index in [0.29, 0.717) is 37.4 Å². The first-order valence-electron chi connectivity index (χ1n) is 27.9. The largest absolute Gasteiger partial charge is 0.508 e. The monoisotopic (exact) mass is 986 g/mol. The van der Waals surface area contributed by atoms with Crippen molar-refractivity contribution in [2.45, 2.75) is 221 Å². The molecule has 0 amide bonds. The Morgan fingerprint density at radius 1 is 0.500 bits per heavy atom. The topological polar surface area (TPSA) is 136 Å². The Labute approximate surface area is 425 Å². The summed E-state index contributed by atoms with van der Waals surface area (Å²) in [5.74, 6) is -1.79. The van der Waals surface area contributed by atoms with Crippen molar-refractivity contribution in [3.05, 3.63) is 59.7 Å². The summed E-state index contributed by atoms with van der Waals surface area (Å²) in [6.07, 6.45) is 35.0. The van der Waals surface area contributed by atoms with Crippen LogP contribution in [-0.4, -0.2) is 94.5 Å². The maximum Gasteiger partial charge on any atom is 0.508 e. The van der Waals surface area contributed by atoms with Gasteiger partial charge in [-0.15, -0.1) is 0 Å². The van der Waals surface area contributed by atoms with Crippen molar-refractivity contribution in [1.29, 1.82) is 0 Å². The van der Waals surface area contributed by atoms with E-state index in [-0.39, 0.29) is 45.2 Å². The van der Waals surface area contributed by atoms with Crippen molar-refractivity contribution >= 4 is 24.1 Å². The molecule has 0 fully saturated rings. The molecular weight excluding hydrogens is 887 g/mol. The molecule has 402 valence electrons. The number of carbonyl (C=O) groups is 4. The van der Waals surface area contributed by atoms with E-state index < -0.39 is 30.3 Å². The highest BCUT2D eigenvalue weighted by atomic mass is 16.7. The number of ether oxygens (including phenoxy) is 7. The molecule has 1 aromatic carbocycles. The molecule has 0 aliphatic rings. The third-order valence-corrected chi connectivity index (χ3v) is 12.2. The molecule has 1 unspecified atom stereocenters. The van der Waals surface area contributed by atoms with Gasteiger partial charge < -0.3 is 38.1 Å². The Morgan fingerprint density at radius 2 is 1.00 bits per heavy atom. The maximum atomic E-state index is 13.1. The molecule has 0 bridgehead atoms. The zero-order valence-electron chi connectivity index (χ0n) is 44.9. The van der Waals surface area contributed by atoms with Gasteiger partial charge in [0, 0.05) is 32.6 Å². The zero-order valence-corrected chi connectivity index (χ0v) is 44.9. The summed E-state index contributed by atoms with van der Waals surface area (Å²) in [7, 11) is 0. The molecule has 70 heavy (non-hydrogen) atoms. The molecule has 1 aromatic rings. The fraction of sp³-hybridized carbons (Fsp3) is 0.759. The van der Waals surface area contributed by atoms with Gasteiger partial charge in [0.2, 0.25) is 0 Å². The molecule has 12 heteroatoms. The van der Waals surface area contributed by atoms with Crippen LogP contribution in [0.4, 0.5) is 4.79 Å². The lowest BCUT2D eigenvalue weighted by Crippen LogP contribution is -2.27. The molecule has 0 spiro atoms. The minimum Gasteiger partial charge on any atom is -0.465 e. The Hall–Kier alpha value is -3.74. The quantitative estimate of drug-likeness (QED) is 0.0202. The summed E-state index contributed by atoms with van der Waals surface area (Å²) in [6, 6.07) is 6.66. The highest BCUT2D eigenvalue weighted by Gasteiger charge is 2.20. The van der Waals surface area contributed by atoms with Gasteiger partial charge in [-0.25, -0.2) is 9.59 Å². The van der Waals surface area contributed by atoms with Crippen LogP contribution in [0.2, 0.25) is 0 Å². The van der Waals surface area contributed by atoms with E-state index in [0.717, 1.165) is 96.7 Å². The smallest absolute Gasteiger partial charge is 0.465 e. The van der Waals surface area contributed by atoms with Crippen LogP contribution in [0.25, 0.3) is 0 Å². The van der Waals surface area contributed by atoms with Gasteiger partial charge in [0.05, 0.1) is 24.5 Å². The van der Waals surface area contributed by atoms with Gasteiger partial charge in [-0.2, -0.15) is 0 Å². The first-order chi connectivity index (χ1) is 34.3. The molecule has 0 radical (unpaired) electrons. The number of benzene rings is 1. The molecule has 1 rings (SSSR count). The standard InChI is InChI=1S/C58H99NO11/c1-6-11-14-17-20-21-22-23-24-25-26-27-28-29-32-36-54(60)67-48-52(50-70-58(63)69-47-51-37-39-53(40-38-51)57(62)66-46-35-43-59(9-4)10-5)49-68-55(61)41-42-56(64-44-33-30-18-15-12-7-2)65-45-34-31-19-16-13-8-3/h20-21,23-24,37-40,52,56H,6-19,22,25-36,41-50H2,1-5H3/b21-20-,24-23-. The van der Waals surface area contributed by atoms with Crippen LogP contribution >= 0.6 is 0 Å². The van der Waals surface area contributed by atoms with Gasteiger partial charge in [-0.1, -0.05) is 167 Å². The van der Waals surface area contributed by atoms with E-state index in [9.17, 15) is 19.2 Å². The summed E-state index contributed by atoms with van der Waals surface area (Å²) in [5, 5.41) is 0. The fourth-order valence-corrected chi connectivity index (χ4v) is 7.62. The Balaban J connectivity index is 2.68. The van der Waals surface area contributed by atoms with Crippen LogP contribution in [0, 0.1) is 5.92 Å². The molecule has 0 N–H and O–H groups in total. The summed E-state index contributed by atoms with van der Waals surface area (Å²) >= 11 is 0. The SMILES string of the molecule is CCCCC/C=C\C/C=C\CCCCCCCC(=O)OCC(COC(=O)CCC(OCCCCCCCC)OCCCCCCCC)COC(=O)OCc1ccc(C(=O)OCCCN(CC)CC)cc1. The highest BCUT2D eigenvalue weighted by Crippen LogP contribution is 2.15. The van der Waals surface area contributed by atoms with Gasteiger partial charge >= 0.3 is 24.1 Å². The summed E-state index contributed by atoms with van der Waals surface area (Å²) in [4.78, 5) is 53.4. The van der Waals surface area contributed by atoms with Gasteiger partial charge in [0.15, 0.2) is 6.29 Å². The molecular formula is C58H99NO11. The van der Waals surface area contributed by atoms with Crippen LogP contribution < -0.4 is 0 Å². The van der Waals surface area contributed by atoms with Crippen LogP contribution in [0.3, 0.4) is 0 Å². The van der Waals surface area contributed by atoms with E-state index >= 15 is 0 Å². The second-order valence-electron chi connectivity index (χ2n) is 18.5. The van der Waals surface area contributed by atoms with Crippen LogP contribution in [0.1, 0.15) is 224 Å². The number of hydrogen-bond acceptors (Lipinski definition) is 12. The number of esters is 3. The molecule has 0 saturated heterocycles. The number of unbranched alkanes of at least 4 members (excludes halogenated alkanes) is 18. The lowest BCUT2D eigenvalue weighted by Gasteiger charge is -2.20. The Kier molecular flexibility index (Phi) is 43.7. The summed E-state index contributed by atoms with van der Waals surface area (Å²) < 4.78 is 39.7. The minimum absolute atomic E-state index is 0.0801. The van der Waals surface area contributed by atoms with E-state index in [1.807, 2.05) is 0 Å². The number of nitrogens with zero attached hydrogens (tertiary/aromatic N) is 1. The summed E-state index contributed by atoms with van der Waals surface area (Å²) in [5.41, 5.74) is 1.07. The molecule has 0 aromatic heterocycles. The predicted molar refractivity (Wildman–Crippen MR) is 282 cm³/mol. The van der Waals surface area contributed by atoms with E-state index in [2.05, 4.69) is 63.8 Å². The molecule has 0 heterocycles. The predicted octanol–water partition coefficient (Wildman–Crippen LogP) is 14.6. The first kappa shape index (κ1) is 64.3. The Morgan fingerprint density at radius 3 is 1.59 bits per heavy atom. The molecule has 0 aliphatic heterocycles. The van der Waals surface area contributed by atoms with Crippen LogP contribution in [0.5, 0.6) is 0 Å². The second-order valence-corrected chi connectivity index (χ2v) is 18.5. The van der Waals surface area contributed by atoms with E-state index in [1.54, 1.807) is 24.3 Å². The third-order valence-electron chi connectivity index (χ3n) is 12.2. The van der Waals surface area contributed by atoms with E-state index in [4.69, 9.17) is 33.2 Å². The first-order valence-corrected chi connectivity index (χ1v) is 27.9. The second kappa shape index (κ2) is 47.6.